The summed E-state index contributed by atoms with van der Waals surface area (Å²) in [6.45, 7) is 2.37. The lowest BCUT2D eigenvalue weighted by Gasteiger charge is -2.21. The first-order chi connectivity index (χ1) is 9.08. The molecule has 1 aliphatic rings. The molecule has 0 aliphatic heterocycles. The van der Waals surface area contributed by atoms with Crippen molar-refractivity contribution in [1.82, 2.24) is 0 Å². The molecule has 0 radical (unpaired) electrons. The van der Waals surface area contributed by atoms with E-state index in [1.54, 1.807) is 12.1 Å². The van der Waals surface area contributed by atoms with Crippen molar-refractivity contribution in [3.05, 3.63) is 23.3 Å². The molecule has 4 N–H and O–H groups in total. The maximum atomic E-state index is 12.1. The fourth-order valence-electron chi connectivity index (χ4n) is 2.62. The smallest absolute Gasteiger partial charge is 0.340 e. The number of carbonyl (C=O) groups excluding carboxylic acids is 1. The number of carbonyl (C=O) groups is 1. The lowest BCUT2D eigenvalue weighted by atomic mass is 9.90. The largest absolute Gasteiger partial charge is 0.462 e. The average Bonchev–Trinajstić information content (AvgIpc) is 2.41. The summed E-state index contributed by atoms with van der Waals surface area (Å²) in [5, 5.41) is 0. The van der Waals surface area contributed by atoms with Gasteiger partial charge in [-0.3, -0.25) is 0 Å². The van der Waals surface area contributed by atoms with Crippen LogP contribution in [0, 0.1) is 12.8 Å². The summed E-state index contributed by atoms with van der Waals surface area (Å²) in [7, 11) is 0. The fourth-order valence-corrected chi connectivity index (χ4v) is 2.62. The first-order valence-electron chi connectivity index (χ1n) is 6.90. The molecule has 0 bridgehead atoms. The van der Waals surface area contributed by atoms with Crippen LogP contribution in [0.25, 0.3) is 0 Å². The third-order valence-corrected chi connectivity index (χ3v) is 3.75. The molecule has 0 aromatic heterocycles. The molecule has 1 aromatic carbocycles. The van der Waals surface area contributed by atoms with E-state index in [0.29, 0.717) is 29.5 Å². The predicted octanol–water partition coefficient (Wildman–Crippen LogP) is 2.90. The Morgan fingerprint density at radius 2 is 1.95 bits per heavy atom. The quantitative estimate of drug-likeness (QED) is 0.648. The number of nitrogen functional groups attached to an aromatic ring is 2. The molecule has 0 spiro atoms. The van der Waals surface area contributed by atoms with E-state index in [1.165, 1.54) is 19.3 Å². The van der Waals surface area contributed by atoms with E-state index in [2.05, 4.69) is 0 Å². The van der Waals surface area contributed by atoms with Gasteiger partial charge in [0, 0.05) is 0 Å². The van der Waals surface area contributed by atoms with E-state index in [-0.39, 0.29) is 5.97 Å². The van der Waals surface area contributed by atoms with Crippen LogP contribution in [0.4, 0.5) is 11.4 Å². The van der Waals surface area contributed by atoms with Crippen LogP contribution in [0.15, 0.2) is 12.1 Å². The van der Waals surface area contributed by atoms with Crippen molar-refractivity contribution in [3.8, 4) is 0 Å². The highest BCUT2D eigenvalue weighted by molar-refractivity contribution is 5.98. The molecule has 19 heavy (non-hydrogen) atoms. The van der Waals surface area contributed by atoms with Crippen molar-refractivity contribution in [2.75, 3.05) is 18.1 Å². The van der Waals surface area contributed by atoms with Gasteiger partial charge >= 0.3 is 5.97 Å². The zero-order chi connectivity index (χ0) is 13.8. The molecule has 1 aromatic rings. The van der Waals surface area contributed by atoms with Crippen LogP contribution in [0.5, 0.6) is 0 Å². The first kappa shape index (κ1) is 13.7. The van der Waals surface area contributed by atoms with Crippen molar-refractivity contribution in [2.45, 2.75) is 39.0 Å². The van der Waals surface area contributed by atoms with Gasteiger partial charge in [-0.15, -0.1) is 0 Å². The zero-order valence-electron chi connectivity index (χ0n) is 11.4. The van der Waals surface area contributed by atoms with Crippen molar-refractivity contribution >= 4 is 17.3 Å². The van der Waals surface area contributed by atoms with Crippen molar-refractivity contribution in [2.24, 2.45) is 5.92 Å². The van der Waals surface area contributed by atoms with E-state index >= 15 is 0 Å². The molecule has 0 unspecified atom stereocenters. The van der Waals surface area contributed by atoms with E-state index in [0.717, 1.165) is 18.4 Å². The number of nitrogens with two attached hydrogens (primary N) is 2. The number of aryl methyl sites for hydroxylation is 1. The average molecular weight is 262 g/mol. The Labute approximate surface area is 114 Å². The van der Waals surface area contributed by atoms with Gasteiger partial charge in [0.1, 0.15) is 0 Å². The van der Waals surface area contributed by atoms with Crippen LogP contribution in [0.3, 0.4) is 0 Å². The number of esters is 1. The normalized spacial score (nSPS) is 16.3. The number of hydrogen-bond acceptors (Lipinski definition) is 4. The predicted molar refractivity (Wildman–Crippen MR) is 76.9 cm³/mol. The molecular formula is C15H22N2O2. The molecule has 4 nitrogen and oxygen atoms in total. The van der Waals surface area contributed by atoms with Gasteiger partial charge in [0.2, 0.25) is 0 Å². The van der Waals surface area contributed by atoms with Crippen LogP contribution in [-0.4, -0.2) is 12.6 Å². The highest BCUT2D eigenvalue weighted by Crippen LogP contribution is 2.26. The molecule has 1 fully saturated rings. The van der Waals surface area contributed by atoms with Gasteiger partial charge in [-0.25, -0.2) is 4.79 Å². The van der Waals surface area contributed by atoms with E-state index in [4.69, 9.17) is 16.2 Å². The van der Waals surface area contributed by atoms with Crippen LogP contribution >= 0.6 is 0 Å². The number of rotatable bonds is 3. The zero-order valence-corrected chi connectivity index (χ0v) is 11.4. The third kappa shape index (κ3) is 3.40. The molecule has 0 saturated heterocycles. The van der Waals surface area contributed by atoms with E-state index < -0.39 is 0 Å². The first-order valence-corrected chi connectivity index (χ1v) is 6.90. The van der Waals surface area contributed by atoms with Gasteiger partial charge in [0.05, 0.1) is 23.5 Å². The number of anilines is 2. The van der Waals surface area contributed by atoms with Crippen LogP contribution in [0.2, 0.25) is 0 Å². The summed E-state index contributed by atoms with van der Waals surface area (Å²) in [6, 6.07) is 3.49. The Balaban J connectivity index is 1.99. The summed E-state index contributed by atoms with van der Waals surface area (Å²) in [4.78, 5) is 12.1. The summed E-state index contributed by atoms with van der Waals surface area (Å²) < 4.78 is 5.38. The molecule has 4 heteroatoms. The molecular weight excluding hydrogens is 240 g/mol. The summed E-state index contributed by atoms with van der Waals surface area (Å²) in [5.74, 6) is 0.138. The van der Waals surface area contributed by atoms with Crippen molar-refractivity contribution in [3.63, 3.8) is 0 Å². The van der Waals surface area contributed by atoms with E-state index in [9.17, 15) is 4.79 Å². The van der Waals surface area contributed by atoms with Crippen molar-refractivity contribution in [1.29, 1.82) is 0 Å². The second-order valence-corrected chi connectivity index (χ2v) is 5.42. The monoisotopic (exact) mass is 262 g/mol. The Morgan fingerprint density at radius 1 is 1.26 bits per heavy atom. The van der Waals surface area contributed by atoms with Gasteiger partial charge in [-0.05, 0) is 43.4 Å². The maximum absolute atomic E-state index is 12.1. The number of benzene rings is 1. The van der Waals surface area contributed by atoms with Gasteiger partial charge < -0.3 is 16.2 Å². The SMILES string of the molecule is Cc1cc(N)c(N)c(C(=O)OCC2CCCCC2)c1. The van der Waals surface area contributed by atoms with Gasteiger partial charge in [0.25, 0.3) is 0 Å². The number of hydrogen-bond donors (Lipinski definition) is 2. The second-order valence-electron chi connectivity index (χ2n) is 5.42. The molecule has 0 atom stereocenters. The summed E-state index contributed by atoms with van der Waals surface area (Å²) >= 11 is 0. The third-order valence-electron chi connectivity index (χ3n) is 3.75. The standard InChI is InChI=1S/C15H22N2O2/c1-10-7-12(14(17)13(16)8-10)15(18)19-9-11-5-3-2-4-6-11/h7-8,11H,2-6,9,16-17H2,1H3. The van der Waals surface area contributed by atoms with Crippen LogP contribution in [0.1, 0.15) is 48.0 Å². The van der Waals surface area contributed by atoms with Crippen LogP contribution in [-0.2, 0) is 4.74 Å². The lowest BCUT2D eigenvalue weighted by molar-refractivity contribution is 0.0411. The second kappa shape index (κ2) is 5.95. The number of ether oxygens (including phenoxy) is 1. The highest BCUT2D eigenvalue weighted by Gasteiger charge is 2.18. The molecule has 2 rings (SSSR count). The van der Waals surface area contributed by atoms with E-state index in [1.807, 2.05) is 6.92 Å². The van der Waals surface area contributed by atoms with Gasteiger partial charge in [0.15, 0.2) is 0 Å². The fraction of sp³-hybridized carbons (Fsp3) is 0.533. The van der Waals surface area contributed by atoms with Gasteiger partial charge in [-0.2, -0.15) is 0 Å². The summed E-state index contributed by atoms with van der Waals surface area (Å²) in [5.41, 5.74) is 13.7. The molecule has 1 aliphatic carbocycles. The van der Waals surface area contributed by atoms with Crippen LogP contribution < -0.4 is 11.5 Å². The minimum Gasteiger partial charge on any atom is -0.462 e. The Kier molecular flexibility index (Phi) is 4.30. The van der Waals surface area contributed by atoms with Gasteiger partial charge in [-0.1, -0.05) is 19.3 Å². The molecule has 1 saturated carbocycles. The molecule has 104 valence electrons. The highest BCUT2D eigenvalue weighted by atomic mass is 16.5. The maximum Gasteiger partial charge on any atom is 0.340 e. The Morgan fingerprint density at radius 3 is 2.63 bits per heavy atom. The van der Waals surface area contributed by atoms with Crippen molar-refractivity contribution < 1.29 is 9.53 Å². The minimum absolute atomic E-state index is 0.319. The Hall–Kier alpha value is -1.71. The minimum atomic E-state index is -0.363. The Bertz CT molecular complexity index is 465. The lowest BCUT2D eigenvalue weighted by Crippen LogP contribution is -2.18. The molecule has 0 heterocycles. The molecule has 0 amide bonds. The summed E-state index contributed by atoms with van der Waals surface area (Å²) in [6.07, 6.45) is 6.08. The topological polar surface area (TPSA) is 78.3 Å².